The first-order valence-corrected chi connectivity index (χ1v) is 8.14. The van der Waals surface area contributed by atoms with Gasteiger partial charge >= 0.3 is 0 Å². The first-order chi connectivity index (χ1) is 9.23. The van der Waals surface area contributed by atoms with Gasteiger partial charge in [-0.05, 0) is 32.1 Å². The number of aliphatic hydroxyl groups is 1. The Bertz CT molecular complexity index is 299. The Morgan fingerprint density at radius 3 is 1.90 bits per heavy atom. The van der Waals surface area contributed by atoms with Crippen molar-refractivity contribution in [3.8, 4) is 0 Å². The predicted octanol–water partition coefficient (Wildman–Crippen LogP) is 1.15. The SMILES string of the molecule is CC(C)(O)CN1CCN(CC(C)(C)CNC2CC2)CC1. The zero-order chi connectivity index (χ0) is 14.8. The number of hydrogen-bond donors (Lipinski definition) is 2. The minimum absolute atomic E-state index is 0.348. The van der Waals surface area contributed by atoms with Gasteiger partial charge in [-0.1, -0.05) is 13.8 Å². The van der Waals surface area contributed by atoms with Crippen LogP contribution in [-0.4, -0.2) is 72.4 Å². The smallest absolute Gasteiger partial charge is 0.0718 e. The average Bonchev–Trinajstić information content (AvgIpc) is 3.11. The molecule has 0 bridgehead atoms. The van der Waals surface area contributed by atoms with Crippen LogP contribution in [0.1, 0.15) is 40.5 Å². The normalized spacial score (nSPS) is 23.2. The highest BCUT2D eigenvalue weighted by Gasteiger charge is 2.29. The van der Waals surface area contributed by atoms with E-state index in [2.05, 4.69) is 29.0 Å². The summed E-state index contributed by atoms with van der Waals surface area (Å²) in [6.07, 6.45) is 2.73. The Hall–Kier alpha value is -0.160. The minimum atomic E-state index is -0.574. The third kappa shape index (κ3) is 6.08. The van der Waals surface area contributed by atoms with Gasteiger partial charge in [-0.25, -0.2) is 0 Å². The average molecular weight is 283 g/mol. The van der Waals surface area contributed by atoms with Crippen molar-refractivity contribution in [1.29, 1.82) is 0 Å². The molecule has 2 fully saturated rings. The van der Waals surface area contributed by atoms with Gasteiger partial charge in [0.05, 0.1) is 5.60 Å². The van der Waals surface area contributed by atoms with E-state index in [1.165, 1.54) is 19.4 Å². The van der Waals surface area contributed by atoms with E-state index in [-0.39, 0.29) is 0 Å². The fourth-order valence-corrected chi connectivity index (χ4v) is 3.02. The zero-order valence-electron chi connectivity index (χ0n) is 13.8. The van der Waals surface area contributed by atoms with E-state index in [4.69, 9.17) is 0 Å². The molecule has 0 unspecified atom stereocenters. The van der Waals surface area contributed by atoms with Crippen LogP contribution in [0.3, 0.4) is 0 Å². The van der Waals surface area contributed by atoms with Crippen LogP contribution in [0.25, 0.3) is 0 Å². The molecule has 4 heteroatoms. The molecule has 0 amide bonds. The molecule has 0 atom stereocenters. The summed E-state index contributed by atoms with van der Waals surface area (Å²) in [6.45, 7) is 16.0. The summed E-state index contributed by atoms with van der Waals surface area (Å²) in [5.41, 5.74) is -0.226. The second-order valence-electron chi connectivity index (χ2n) is 8.18. The van der Waals surface area contributed by atoms with Gasteiger partial charge in [0, 0.05) is 51.9 Å². The Balaban J connectivity index is 1.67. The van der Waals surface area contributed by atoms with Gasteiger partial charge in [0.25, 0.3) is 0 Å². The van der Waals surface area contributed by atoms with Crippen LogP contribution < -0.4 is 5.32 Å². The second-order valence-corrected chi connectivity index (χ2v) is 8.18. The summed E-state index contributed by atoms with van der Waals surface area (Å²) in [4.78, 5) is 4.96. The van der Waals surface area contributed by atoms with E-state index in [1.54, 1.807) is 0 Å². The highest BCUT2D eigenvalue weighted by atomic mass is 16.3. The quantitative estimate of drug-likeness (QED) is 0.735. The van der Waals surface area contributed by atoms with E-state index < -0.39 is 5.60 Å². The summed E-state index contributed by atoms with van der Waals surface area (Å²) in [6, 6.07) is 0.804. The Labute approximate surface area is 124 Å². The van der Waals surface area contributed by atoms with Crippen LogP contribution >= 0.6 is 0 Å². The van der Waals surface area contributed by atoms with Crippen LogP contribution in [0, 0.1) is 5.41 Å². The largest absolute Gasteiger partial charge is 0.389 e. The molecule has 1 aliphatic heterocycles. The molecule has 1 aliphatic carbocycles. The third-order valence-electron chi connectivity index (χ3n) is 4.17. The standard InChI is InChI=1S/C16H33N3O/c1-15(2,11-17-14-5-6-14)12-18-7-9-19(10-8-18)13-16(3,4)20/h14,17,20H,5-13H2,1-4H3. The van der Waals surface area contributed by atoms with Crippen molar-refractivity contribution in [2.75, 3.05) is 45.8 Å². The van der Waals surface area contributed by atoms with Crippen molar-refractivity contribution in [1.82, 2.24) is 15.1 Å². The van der Waals surface area contributed by atoms with Gasteiger partial charge < -0.3 is 15.3 Å². The molecule has 20 heavy (non-hydrogen) atoms. The van der Waals surface area contributed by atoms with E-state index in [9.17, 15) is 5.11 Å². The van der Waals surface area contributed by atoms with Crippen molar-refractivity contribution in [3.63, 3.8) is 0 Å². The molecule has 1 saturated carbocycles. The first kappa shape index (κ1) is 16.2. The minimum Gasteiger partial charge on any atom is -0.389 e. The molecule has 0 aromatic heterocycles. The summed E-state index contributed by atoms with van der Waals surface area (Å²) in [5, 5.41) is 13.5. The molecule has 0 aromatic rings. The first-order valence-electron chi connectivity index (χ1n) is 8.14. The Morgan fingerprint density at radius 2 is 1.45 bits per heavy atom. The molecule has 1 saturated heterocycles. The molecule has 1 heterocycles. The van der Waals surface area contributed by atoms with E-state index in [1.807, 2.05) is 13.8 Å². The lowest BCUT2D eigenvalue weighted by molar-refractivity contribution is 0.0126. The molecule has 2 rings (SSSR count). The topological polar surface area (TPSA) is 38.7 Å². The maximum absolute atomic E-state index is 9.89. The van der Waals surface area contributed by atoms with Gasteiger partial charge in [0.15, 0.2) is 0 Å². The highest BCUT2D eigenvalue weighted by Crippen LogP contribution is 2.23. The van der Waals surface area contributed by atoms with Crippen LogP contribution in [0.15, 0.2) is 0 Å². The summed E-state index contributed by atoms with van der Waals surface area (Å²) in [7, 11) is 0. The van der Waals surface area contributed by atoms with Gasteiger partial charge in [0.2, 0.25) is 0 Å². The summed E-state index contributed by atoms with van der Waals surface area (Å²) < 4.78 is 0. The van der Waals surface area contributed by atoms with Crippen LogP contribution in [0.5, 0.6) is 0 Å². The fraction of sp³-hybridized carbons (Fsp3) is 1.00. The molecular formula is C16H33N3O. The molecule has 0 aromatic carbocycles. The van der Waals surface area contributed by atoms with Gasteiger partial charge in [-0.2, -0.15) is 0 Å². The number of nitrogens with zero attached hydrogens (tertiary/aromatic N) is 2. The summed E-state index contributed by atoms with van der Waals surface area (Å²) in [5.74, 6) is 0. The lowest BCUT2D eigenvalue weighted by atomic mass is 9.92. The van der Waals surface area contributed by atoms with Crippen molar-refractivity contribution in [2.24, 2.45) is 5.41 Å². The van der Waals surface area contributed by atoms with Crippen molar-refractivity contribution in [2.45, 2.75) is 52.2 Å². The van der Waals surface area contributed by atoms with Crippen molar-refractivity contribution < 1.29 is 5.11 Å². The molecule has 2 aliphatic rings. The maximum Gasteiger partial charge on any atom is 0.0718 e. The van der Waals surface area contributed by atoms with Gasteiger partial charge in [-0.15, -0.1) is 0 Å². The molecule has 118 valence electrons. The zero-order valence-corrected chi connectivity index (χ0v) is 13.8. The van der Waals surface area contributed by atoms with Crippen LogP contribution in [0.2, 0.25) is 0 Å². The lowest BCUT2D eigenvalue weighted by Crippen LogP contribution is -2.53. The van der Waals surface area contributed by atoms with Crippen LogP contribution in [-0.2, 0) is 0 Å². The maximum atomic E-state index is 9.89. The predicted molar refractivity (Wildman–Crippen MR) is 84.0 cm³/mol. The van der Waals surface area contributed by atoms with Crippen molar-refractivity contribution >= 4 is 0 Å². The second kappa shape index (κ2) is 6.30. The number of rotatable bonds is 7. The summed E-state index contributed by atoms with van der Waals surface area (Å²) >= 11 is 0. The van der Waals surface area contributed by atoms with Crippen molar-refractivity contribution in [3.05, 3.63) is 0 Å². The third-order valence-corrected chi connectivity index (χ3v) is 4.17. The molecule has 0 spiro atoms. The Kier molecular flexibility index (Phi) is 5.11. The van der Waals surface area contributed by atoms with E-state index >= 15 is 0 Å². The molecule has 0 radical (unpaired) electrons. The number of β-amino-alcohol motifs (C(OH)–C–C–N with tert-alkyl or cyclic N) is 1. The monoisotopic (exact) mass is 283 g/mol. The number of hydrogen-bond acceptors (Lipinski definition) is 4. The number of nitrogens with one attached hydrogen (secondary N) is 1. The molecule has 4 nitrogen and oxygen atoms in total. The van der Waals surface area contributed by atoms with E-state index in [0.29, 0.717) is 5.41 Å². The lowest BCUT2D eigenvalue weighted by Gasteiger charge is -2.40. The Morgan fingerprint density at radius 1 is 0.950 bits per heavy atom. The highest BCUT2D eigenvalue weighted by molar-refractivity contribution is 4.86. The number of piperazine rings is 1. The van der Waals surface area contributed by atoms with Gasteiger partial charge in [0.1, 0.15) is 0 Å². The van der Waals surface area contributed by atoms with Gasteiger partial charge in [-0.3, -0.25) is 4.90 Å². The molecule has 2 N–H and O–H groups in total. The van der Waals surface area contributed by atoms with Crippen LogP contribution in [0.4, 0.5) is 0 Å². The fourth-order valence-electron chi connectivity index (χ4n) is 3.02. The van der Waals surface area contributed by atoms with E-state index in [0.717, 1.165) is 45.3 Å². The molecular weight excluding hydrogens is 250 g/mol.